The van der Waals surface area contributed by atoms with Crippen LogP contribution in [0.15, 0.2) is 33.9 Å². The van der Waals surface area contributed by atoms with Gasteiger partial charge in [-0.15, -0.1) is 0 Å². The Labute approximate surface area is 177 Å². The first kappa shape index (κ1) is 20.6. The van der Waals surface area contributed by atoms with Crippen molar-refractivity contribution >= 4 is 17.3 Å². The molecule has 2 aliphatic rings. The predicted molar refractivity (Wildman–Crippen MR) is 120 cm³/mol. The SMILES string of the molecule is C[C@@H]1[C@H](C)CCC[C@H]1NC(=O)c1ccc(CNc2c(N3CCCC3)c(=O)c2=O)cc1. The normalized spacial score (nSPS) is 24.2. The van der Waals surface area contributed by atoms with E-state index in [4.69, 9.17) is 0 Å². The van der Waals surface area contributed by atoms with Crippen molar-refractivity contribution in [2.45, 2.75) is 58.5 Å². The third-order valence-corrected chi connectivity index (χ3v) is 7.02. The minimum absolute atomic E-state index is 0.0285. The van der Waals surface area contributed by atoms with Crippen molar-refractivity contribution in [1.82, 2.24) is 5.32 Å². The minimum atomic E-state index is -0.427. The summed E-state index contributed by atoms with van der Waals surface area (Å²) >= 11 is 0. The highest BCUT2D eigenvalue weighted by molar-refractivity contribution is 5.94. The van der Waals surface area contributed by atoms with E-state index in [0.29, 0.717) is 35.3 Å². The summed E-state index contributed by atoms with van der Waals surface area (Å²) in [5, 5.41) is 6.34. The molecule has 1 aliphatic carbocycles. The van der Waals surface area contributed by atoms with Gasteiger partial charge in [0.15, 0.2) is 0 Å². The van der Waals surface area contributed by atoms with Crippen LogP contribution in [0.5, 0.6) is 0 Å². The van der Waals surface area contributed by atoms with E-state index in [-0.39, 0.29) is 17.4 Å². The predicted octanol–water partition coefficient (Wildman–Crippen LogP) is 3.05. The lowest BCUT2D eigenvalue weighted by Crippen LogP contribution is -2.43. The van der Waals surface area contributed by atoms with Crippen LogP contribution in [0.1, 0.15) is 61.9 Å². The molecule has 2 N–H and O–H groups in total. The summed E-state index contributed by atoms with van der Waals surface area (Å²) in [7, 11) is 0. The summed E-state index contributed by atoms with van der Waals surface area (Å²) in [6.07, 6.45) is 5.55. The van der Waals surface area contributed by atoms with Gasteiger partial charge in [0.1, 0.15) is 11.4 Å². The fraction of sp³-hybridized carbons (Fsp3) is 0.542. The van der Waals surface area contributed by atoms with Gasteiger partial charge >= 0.3 is 0 Å². The first-order chi connectivity index (χ1) is 14.5. The fourth-order valence-electron chi connectivity index (χ4n) is 4.79. The van der Waals surface area contributed by atoms with E-state index >= 15 is 0 Å². The van der Waals surface area contributed by atoms with E-state index in [1.165, 1.54) is 6.42 Å². The molecule has 0 aromatic heterocycles. The molecule has 2 aromatic carbocycles. The Morgan fingerprint density at radius 1 is 1.00 bits per heavy atom. The van der Waals surface area contributed by atoms with Crippen molar-refractivity contribution in [1.29, 1.82) is 0 Å². The molecule has 0 radical (unpaired) electrons. The molecular weight excluding hydrogens is 378 g/mol. The molecule has 160 valence electrons. The number of carbonyl (C=O) groups is 1. The average molecular weight is 410 g/mol. The highest BCUT2D eigenvalue weighted by Crippen LogP contribution is 2.29. The third kappa shape index (κ3) is 4.00. The van der Waals surface area contributed by atoms with Crippen LogP contribution < -0.4 is 26.4 Å². The van der Waals surface area contributed by atoms with Crippen LogP contribution in [0.25, 0.3) is 0 Å². The Balaban J connectivity index is 1.35. The number of benzene rings is 1. The Morgan fingerprint density at radius 2 is 1.70 bits per heavy atom. The molecule has 6 heteroatoms. The highest BCUT2D eigenvalue weighted by atomic mass is 16.2. The molecule has 2 aromatic rings. The van der Waals surface area contributed by atoms with Crippen LogP contribution in [0.3, 0.4) is 0 Å². The van der Waals surface area contributed by atoms with Crippen LogP contribution in [0.2, 0.25) is 0 Å². The molecule has 0 spiro atoms. The lowest BCUT2D eigenvalue weighted by atomic mass is 9.78. The molecule has 1 saturated heterocycles. The Kier molecular flexibility index (Phi) is 5.93. The van der Waals surface area contributed by atoms with Crippen LogP contribution >= 0.6 is 0 Å². The summed E-state index contributed by atoms with van der Waals surface area (Å²) in [5.41, 5.74) is 1.79. The molecule has 0 unspecified atom stereocenters. The molecule has 2 fully saturated rings. The van der Waals surface area contributed by atoms with Crippen molar-refractivity contribution in [3.8, 4) is 0 Å². The Bertz CT molecular complexity index is 969. The van der Waals surface area contributed by atoms with Crippen molar-refractivity contribution in [3.05, 3.63) is 55.8 Å². The summed E-state index contributed by atoms with van der Waals surface area (Å²) in [6.45, 7) is 6.60. The molecule has 0 bridgehead atoms. The highest BCUT2D eigenvalue weighted by Gasteiger charge is 2.29. The van der Waals surface area contributed by atoms with Gasteiger partial charge in [0.05, 0.1) is 0 Å². The summed E-state index contributed by atoms with van der Waals surface area (Å²) in [4.78, 5) is 38.6. The van der Waals surface area contributed by atoms with E-state index in [1.807, 2.05) is 29.2 Å². The molecular formula is C24H31N3O3. The van der Waals surface area contributed by atoms with E-state index < -0.39 is 5.43 Å². The van der Waals surface area contributed by atoms with Crippen molar-refractivity contribution in [2.24, 2.45) is 11.8 Å². The molecule has 4 rings (SSSR count). The second-order valence-corrected chi connectivity index (χ2v) is 8.97. The zero-order chi connectivity index (χ0) is 21.3. The van der Waals surface area contributed by atoms with Gasteiger partial charge in [-0.25, -0.2) is 0 Å². The van der Waals surface area contributed by atoms with Crippen molar-refractivity contribution in [3.63, 3.8) is 0 Å². The van der Waals surface area contributed by atoms with Gasteiger partial charge in [-0.3, -0.25) is 14.4 Å². The van der Waals surface area contributed by atoms with Gasteiger partial charge in [0.2, 0.25) is 0 Å². The van der Waals surface area contributed by atoms with Crippen molar-refractivity contribution < 1.29 is 4.79 Å². The van der Waals surface area contributed by atoms with Crippen LogP contribution in [0.4, 0.5) is 11.4 Å². The lowest BCUT2D eigenvalue weighted by molar-refractivity contribution is 0.0891. The summed E-state index contributed by atoms with van der Waals surface area (Å²) in [5.74, 6) is 1.10. The number of hydrogen-bond donors (Lipinski definition) is 2. The lowest BCUT2D eigenvalue weighted by Gasteiger charge is -2.34. The molecule has 30 heavy (non-hydrogen) atoms. The third-order valence-electron chi connectivity index (χ3n) is 7.02. The number of anilines is 2. The quantitative estimate of drug-likeness (QED) is 0.717. The average Bonchev–Trinajstić information content (AvgIpc) is 3.27. The van der Waals surface area contributed by atoms with Gasteiger partial charge in [-0.2, -0.15) is 0 Å². The van der Waals surface area contributed by atoms with Crippen LogP contribution in [-0.4, -0.2) is 25.0 Å². The topological polar surface area (TPSA) is 78.5 Å². The maximum Gasteiger partial charge on any atom is 0.253 e. The molecule has 1 aliphatic heterocycles. The van der Waals surface area contributed by atoms with Gasteiger partial charge in [-0.05, 0) is 48.8 Å². The Morgan fingerprint density at radius 3 is 2.40 bits per heavy atom. The van der Waals surface area contributed by atoms with Gasteiger partial charge in [-0.1, -0.05) is 38.8 Å². The zero-order valence-electron chi connectivity index (χ0n) is 17.9. The number of amides is 1. The standard InChI is InChI=1S/C24H31N3O3/c1-15-6-5-7-19(16(15)2)26-24(30)18-10-8-17(9-11-18)14-25-20-21(23(29)22(20)28)27-12-3-4-13-27/h8-11,15-16,19,25H,3-7,12-14H2,1-2H3,(H,26,30)/t15-,16-,19-/m1/s1. The van der Waals surface area contributed by atoms with E-state index in [2.05, 4.69) is 24.5 Å². The van der Waals surface area contributed by atoms with Crippen molar-refractivity contribution in [2.75, 3.05) is 23.3 Å². The number of carbonyl (C=O) groups excluding carboxylic acids is 1. The Hall–Kier alpha value is -2.63. The van der Waals surface area contributed by atoms with Crippen LogP contribution in [0, 0.1) is 11.8 Å². The smallest absolute Gasteiger partial charge is 0.253 e. The fourth-order valence-corrected chi connectivity index (χ4v) is 4.79. The minimum Gasteiger partial charge on any atom is -0.376 e. The second kappa shape index (κ2) is 8.62. The van der Waals surface area contributed by atoms with Gasteiger partial charge < -0.3 is 15.5 Å². The van der Waals surface area contributed by atoms with E-state index in [0.717, 1.165) is 44.3 Å². The number of nitrogens with one attached hydrogen (secondary N) is 2. The molecule has 6 nitrogen and oxygen atoms in total. The number of nitrogens with zero attached hydrogens (tertiary/aromatic N) is 1. The van der Waals surface area contributed by atoms with E-state index in [9.17, 15) is 14.4 Å². The summed E-state index contributed by atoms with van der Waals surface area (Å²) < 4.78 is 0. The van der Waals surface area contributed by atoms with E-state index in [1.54, 1.807) is 0 Å². The first-order valence-corrected chi connectivity index (χ1v) is 11.2. The number of rotatable bonds is 6. The summed E-state index contributed by atoms with van der Waals surface area (Å²) in [6, 6.07) is 7.69. The molecule has 1 amide bonds. The van der Waals surface area contributed by atoms with Gasteiger partial charge in [0, 0.05) is 31.2 Å². The largest absolute Gasteiger partial charge is 0.376 e. The first-order valence-electron chi connectivity index (χ1n) is 11.2. The molecule has 3 atom stereocenters. The maximum atomic E-state index is 12.6. The van der Waals surface area contributed by atoms with Crippen LogP contribution in [-0.2, 0) is 6.54 Å². The number of hydrogen-bond acceptors (Lipinski definition) is 5. The maximum absolute atomic E-state index is 12.6. The molecule has 1 heterocycles. The molecule has 1 saturated carbocycles. The monoisotopic (exact) mass is 409 g/mol. The zero-order valence-corrected chi connectivity index (χ0v) is 17.9. The van der Waals surface area contributed by atoms with Gasteiger partial charge in [0.25, 0.3) is 16.8 Å². The second-order valence-electron chi connectivity index (χ2n) is 8.97.